The minimum Gasteiger partial charge on any atom is -0.398 e. The first-order valence-electron chi connectivity index (χ1n) is 4.96. The van der Waals surface area contributed by atoms with Crippen molar-refractivity contribution in [1.82, 2.24) is 9.78 Å². The van der Waals surface area contributed by atoms with E-state index < -0.39 is 15.8 Å². The number of aromatic nitrogens is 2. The average molecular weight is 270 g/mol. The number of nitrogens with one attached hydrogen (secondary N) is 1. The number of rotatable bonds is 3. The summed E-state index contributed by atoms with van der Waals surface area (Å²) < 4.78 is 40.6. The summed E-state index contributed by atoms with van der Waals surface area (Å²) in [6.07, 6.45) is 1.45. The highest BCUT2D eigenvalue weighted by atomic mass is 32.2. The summed E-state index contributed by atoms with van der Waals surface area (Å²) >= 11 is 0. The molecule has 1 aromatic carbocycles. The summed E-state index contributed by atoms with van der Waals surface area (Å²) in [5.74, 6) is -0.300. The largest absolute Gasteiger partial charge is 0.398 e. The summed E-state index contributed by atoms with van der Waals surface area (Å²) in [5.41, 5.74) is 5.34. The third-order valence-electron chi connectivity index (χ3n) is 2.32. The van der Waals surface area contributed by atoms with E-state index in [2.05, 4.69) is 9.82 Å². The highest BCUT2D eigenvalue weighted by molar-refractivity contribution is 7.92. The van der Waals surface area contributed by atoms with Gasteiger partial charge < -0.3 is 5.73 Å². The zero-order valence-corrected chi connectivity index (χ0v) is 10.3. The number of hydrogen-bond acceptors (Lipinski definition) is 4. The average Bonchev–Trinajstić information content (AvgIpc) is 2.63. The highest BCUT2D eigenvalue weighted by Gasteiger charge is 2.19. The molecule has 3 N–H and O–H groups in total. The van der Waals surface area contributed by atoms with Crippen LogP contribution < -0.4 is 10.5 Å². The molecule has 1 heterocycles. The molecule has 0 aliphatic heterocycles. The van der Waals surface area contributed by atoms with Crippen LogP contribution in [0.2, 0.25) is 0 Å². The minimum absolute atomic E-state index is 0.148. The summed E-state index contributed by atoms with van der Waals surface area (Å²) in [7, 11) is -2.27. The van der Waals surface area contributed by atoms with Gasteiger partial charge in [0.2, 0.25) is 0 Å². The number of sulfonamides is 1. The SMILES string of the molecule is Cn1nccc1NS(=O)(=O)c1ccc(F)cc1N. The smallest absolute Gasteiger partial charge is 0.265 e. The molecule has 96 valence electrons. The normalized spacial score (nSPS) is 11.4. The Morgan fingerprint density at radius 2 is 2.11 bits per heavy atom. The maximum Gasteiger partial charge on any atom is 0.265 e. The van der Waals surface area contributed by atoms with Crippen LogP contribution in [0, 0.1) is 5.82 Å². The molecule has 8 heteroatoms. The Kier molecular flexibility index (Phi) is 2.95. The number of hydrogen-bond donors (Lipinski definition) is 2. The molecular formula is C10H11FN4O2S. The summed E-state index contributed by atoms with van der Waals surface area (Å²) in [5, 5.41) is 3.83. The van der Waals surface area contributed by atoms with Crippen molar-refractivity contribution in [2.24, 2.45) is 7.05 Å². The van der Waals surface area contributed by atoms with Crippen LogP contribution in [0.3, 0.4) is 0 Å². The van der Waals surface area contributed by atoms with E-state index >= 15 is 0 Å². The van der Waals surface area contributed by atoms with Gasteiger partial charge in [0.05, 0.1) is 11.9 Å². The monoisotopic (exact) mass is 270 g/mol. The van der Waals surface area contributed by atoms with Gasteiger partial charge >= 0.3 is 0 Å². The molecule has 0 saturated carbocycles. The van der Waals surface area contributed by atoms with Gasteiger partial charge in [-0.15, -0.1) is 0 Å². The molecule has 0 atom stereocenters. The van der Waals surface area contributed by atoms with Gasteiger partial charge in [0.1, 0.15) is 16.5 Å². The number of aryl methyl sites for hydroxylation is 1. The van der Waals surface area contributed by atoms with E-state index in [9.17, 15) is 12.8 Å². The standard InChI is InChI=1S/C10H11FN4O2S/c1-15-10(4-5-13-15)14-18(16,17)9-3-2-7(11)6-8(9)12/h2-6,14H,12H2,1H3. The van der Waals surface area contributed by atoms with Crippen LogP contribution in [0.4, 0.5) is 15.9 Å². The molecule has 18 heavy (non-hydrogen) atoms. The second kappa shape index (κ2) is 4.30. The second-order valence-corrected chi connectivity index (χ2v) is 5.28. The molecule has 0 bridgehead atoms. The van der Waals surface area contributed by atoms with Gasteiger partial charge in [-0.2, -0.15) is 5.10 Å². The molecule has 0 spiro atoms. The number of anilines is 2. The molecule has 2 rings (SSSR count). The molecule has 1 aromatic heterocycles. The van der Waals surface area contributed by atoms with Crippen molar-refractivity contribution in [2.75, 3.05) is 10.5 Å². The lowest BCUT2D eigenvalue weighted by molar-refractivity contribution is 0.599. The van der Waals surface area contributed by atoms with Crippen molar-refractivity contribution in [3.63, 3.8) is 0 Å². The van der Waals surface area contributed by atoms with Crippen molar-refractivity contribution in [1.29, 1.82) is 0 Å². The van der Waals surface area contributed by atoms with Crippen LogP contribution in [0.5, 0.6) is 0 Å². The molecule has 0 unspecified atom stereocenters. The fourth-order valence-electron chi connectivity index (χ4n) is 1.43. The van der Waals surface area contributed by atoms with Gasteiger partial charge in [-0.3, -0.25) is 9.40 Å². The minimum atomic E-state index is -3.86. The summed E-state index contributed by atoms with van der Waals surface area (Å²) in [4.78, 5) is -0.176. The van der Waals surface area contributed by atoms with Crippen molar-refractivity contribution < 1.29 is 12.8 Å². The lowest BCUT2D eigenvalue weighted by atomic mass is 10.3. The van der Waals surface area contributed by atoms with Crippen molar-refractivity contribution in [2.45, 2.75) is 4.90 Å². The van der Waals surface area contributed by atoms with Crippen LogP contribution in [-0.2, 0) is 17.1 Å². The fraction of sp³-hybridized carbons (Fsp3) is 0.100. The predicted molar refractivity (Wildman–Crippen MR) is 64.8 cm³/mol. The first kappa shape index (κ1) is 12.4. The Hall–Kier alpha value is -2.09. The quantitative estimate of drug-likeness (QED) is 0.812. The van der Waals surface area contributed by atoms with E-state index in [1.807, 2.05) is 0 Å². The van der Waals surface area contributed by atoms with E-state index in [4.69, 9.17) is 5.73 Å². The van der Waals surface area contributed by atoms with Crippen molar-refractivity contribution in [3.05, 3.63) is 36.3 Å². The maximum absolute atomic E-state index is 12.9. The summed E-state index contributed by atoms with van der Waals surface area (Å²) in [6.45, 7) is 0. The van der Waals surface area contributed by atoms with Gasteiger partial charge in [0, 0.05) is 13.1 Å². The lowest BCUT2D eigenvalue weighted by Crippen LogP contribution is -2.17. The van der Waals surface area contributed by atoms with Gasteiger partial charge in [0.15, 0.2) is 0 Å². The van der Waals surface area contributed by atoms with Gasteiger partial charge in [0.25, 0.3) is 10.0 Å². The van der Waals surface area contributed by atoms with E-state index in [1.54, 1.807) is 7.05 Å². The molecule has 0 radical (unpaired) electrons. The molecule has 0 aliphatic rings. The van der Waals surface area contributed by atoms with Gasteiger partial charge in [-0.25, -0.2) is 12.8 Å². The molecular weight excluding hydrogens is 259 g/mol. The first-order valence-corrected chi connectivity index (χ1v) is 6.44. The zero-order chi connectivity index (χ0) is 13.3. The molecule has 0 saturated heterocycles. The van der Waals surface area contributed by atoms with Crippen LogP contribution in [-0.4, -0.2) is 18.2 Å². The number of benzene rings is 1. The third kappa shape index (κ3) is 2.28. The predicted octanol–water partition coefficient (Wildman–Crippen LogP) is 0.942. The van der Waals surface area contributed by atoms with Crippen LogP contribution in [0.15, 0.2) is 35.4 Å². The fourth-order valence-corrected chi connectivity index (χ4v) is 2.63. The van der Waals surface area contributed by atoms with Crippen LogP contribution in [0.1, 0.15) is 0 Å². The maximum atomic E-state index is 12.9. The Morgan fingerprint density at radius 3 is 2.67 bits per heavy atom. The molecule has 2 aromatic rings. The topological polar surface area (TPSA) is 90.0 Å². The lowest BCUT2D eigenvalue weighted by Gasteiger charge is -2.09. The first-order chi connectivity index (χ1) is 8.40. The Labute approximate surface area is 103 Å². The third-order valence-corrected chi connectivity index (χ3v) is 3.75. The van der Waals surface area contributed by atoms with E-state index in [0.29, 0.717) is 5.82 Å². The Morgan fingerprint density at radius 1 is 1.39 bits per heavy atom. The van der Waals surface area contributed by atoms with Gasteiger partial charge in [-0.05, 0) is 18.2 Å². The van der Waals surface area contributed by atoms with E-state index in [0.717, 1.165) is 18.2 Å². The molecule has 0 fully saturated rings. The Balaban J connectivity index is 2.40. The molecule has 0 amide bonds. The van der Waals surface area contributed by atoms with Crippen molar-refractivity contribution in [3.8, 4) is 0 Å². The van der Waals surface area contributed by atoms with Gasteiger partial charge in [-0.1, -0.05) is 0 Å². The molecule has 0 aliphatic carbocycles. The zero-order valence-electron chi connectivity index (χ0n) is 9.46. The van der Waals surface area contributed by atoms with E-state index in [-0.39, 0.29) is 10.6 Å². The van der Waals surface area contributed by atoms with Crippen LogP contribution in [0.25, 0.3) is 0 Å². The summed E-state index contributed by atoms with van der Waals surface area (Å²) in [6, 6.07) is 4.60. The number of nitrogens with two attached hydrogens (primary N) is 1. The van der Waals surface area contributed by atoms with E-state index in [1.165, 1.54) is 16.9 Å². The second-order valence-electron chi connectivity index (χ2n) is 3.63. The van der Waals surface area contributed by atoms with Crippen LogP contribution >= 0.6 is 0 Å². The van der Waals surface area contributed by atoms with Crippen molar-refractivity contribution >= 4 is 21.5 Å². The number of nitrogen functional groups attached to an aromatic ring is 1. The molecule has 6 nitrogen and oxygen atoms in total. The Bertz CT molecular complexity index is 681. The number of nitrogens with zero attached hydrogens (tertiary/aromatic N) is 2. The number of halogens is 1. The highest BCUT2D eigenvalue weighted by Crippen LogP contribution is 2.21.